The molecule has 17 heavy (non-hydrogen) atoms. The Morgan fingerprint density at radius 2 is 1.88 bits per heavy atom. The zero-order valence-corrected chi connectivity index (χ0v) is 11.8. The summed E-state index contributed by atoms with van der Waals surface area (Å²) >= 11 is 0. The molecule has 96 valence electrons. The number of hydrogen-bond acceptors (Lipinski definition) is 2. The SMILES string of the molecule is CCC(C)(C)N(C)C(CN)c1ccccc1C. The van der Waals surface area contributed by atoms with E-state index >= 15 is 0 Å². The molecule has 2 N–H and O–H groups in total. The highest BCUT2D eigenvalue weighted by Gasteiger charge is 2.28. The van der Waals surface area contributed by atoms with Crippen LogP contribution in [0.3, 0.4) is 0 Å². The fourth-order valence-corrected chi connectivity index (χ4v) is 2.13. The molecule has 0 radical (unpaired) electrons. The smallest absolute Gasteiger partial charge is 0.0475 e. The summed E-state index contributed by atoms with van der Waals surface area (Å²) < 4.78 is 0. The van der Waals surface area contributed by atoms with Gasteiger partial charge in [0.05, 0.1) is 0 Å². The van der Waals surface area contributed by atoms with Crippen molar-refractivity contribution in [3.8, 4) is 0 Å². The van der Waals surface area contributed by atoms with E-state index in [1.807, 2.05) is 0 Å². The second kappa shape index (κ2) is 5.65. The second-order valence-corrected chi connectivity index (χ2v) is 5.38. The maximum absolute atomic E-state index is 5.98. The number of aryl methyl sites for hydroxylation is 1. The van der Waals surface area contributed by atoms with Crippen LogP contribution >= 0.6 is 0 Å². The molecule has 0 aliphatic carbocycles. The Labute approximate surface area is 106 Å². The van der Waals surface area contributed by atoms with Crippen molar-refractivity contribution in [1.82, 2.24) is 4.90 Å². The van der Waals surface area contributed by atoms with E-state index in [-0.39, 0.29) is 5.54 Å². The van der Waals surface area contributed by atoms with E-state index in [2.05, 4.69) is 63.9 Å². The summed E-state index contributed by atoms with van der Waals surface area (Å²) in [5, 5.41) is 0. The van der Waals surface area contributed by atoms with Gasteiger partial charge in [-0.15, -0.1) is 0 Å². The molecule has 1 unspecified atom stereocenters. The maximum Gasteiger partial charge on any atom is 0.0475 e. The molecule has 0 aliphatic rings. The molecule has 0 fully saturated rings. The number of benzene rings is 1. The Morgan fingerprint density at radius 1 is 1.29 bits per heavy atom. The van der Waals surface area contributed by atoms with Crippen molar-refractivity contribution >= 4 is 0 Å². The van der Waals surface area contributed by atoms with Gasteiger partial charge in [-0.1, -0.05) is 31.2 Å². The average molecular weight is 234 g/mol. The Hall–Kier alpha value is -0.860. The summed E-state index contributed by atoms with van der Waals surface area (Å²) in [6, 6.07) is 8.82. The quantitative estimate of drug-likeness (QED) is 0.848. The van der Waals surface area contributed by atoms with Gasteiger partial charge >= 0.3 is 0 Å². The van der Waals surface area contributed by atoms with E-state index < -0.39 is 0 Å². The van der Waals surface area contributed by atoms with E-state index in [4.69, 9.17) is 5.73 Å². The molecule has 2 nitrogen and oxygen atoms in total. The summed E-state index contributed by atoms with van der Waals surface area (Å²) in [7, 11) is 2.17. The van der Waals surface area contributed by atoms with Gasteiger partial charge in [0.15, 0.2) is 0 Å². The van der Waals surface area contributed by atoms with Gasteiger partial charge in [0.2, 0.25) is 0 Å². The highest BCUT2D eigenvalue weighted by atomic mass is 15.2. The van der Waals surface area contributed by atoms with Crippen LogP contribution in [0.5, 0.6) is 0 Å². The van der Waals surface area contributed by atoms with Crippen LogP contribution in [0.25, 0.3) is 0 Å². The molecule has 0 spiro atoms. The van der Waals surface area contributed by atoms with Gasteiger partial charge in [-0.25, -0.2) is 0 Å². The minimum absolute atomic E-state index is 0.173. The van der Waals surface area contributed by atoms with Crippen molar-refractivity contribution in [2.45, 2.75) is 45.7 Å². The Bertz CT molecular complexity index is 358. The molecule has 0 bridgehead atoms. The first-order chi connectivity index (χ1) is 7.94. The summed E-state index contributed by atoms with van der Waals surface area (Å²) in [5.74, 6) is 0. The number of hydrogen-bond donors (Lipinski definition) is 1. The second-order valence-electron chi connectivity index (χ2n) is 5.38. The molecule has 0 amide bonds. The van der Waals surface area contributed by atoms with E-state index in [9.17, 15) is 0 Å². The molecule has 0 saturated heterocycles. The first-order valence-electron chi connectivity index (χ1n) is 6.42. The van der Waals surface area contributed by atoms with Gasteiger partial charge in [-0.3, -0.25) is 4.90 Å². The highest BCUT2D eigenvalue weighted by Crippen LogP contribution is 2.29. The van der Waals surface area contributed by atoms with Gasteiger partial charge < -0.3 is 5.73 Å². The van der Waals surface area contributed by atoms with E-state index in [1.54, 1.807) is 0 Å². The van der Waals surface area contributed by atoms with Gasteiger partial charge in [-0.2, -0.15) is 0 Å². The van der Waals surface area contributed by atoms with E-state index in [0.29, 0.717) is 12.6 Å². The minimum Gasteiger partial charge on any atom is -0.329 e. The number of nitrogens with zero attached hydrogens (tertiary/aromatic N) is 1. The normalized spacial score (nSPS) is 14.1. The van der Waals surface area contributed by atoms with Crippen molar-refractivity contribution in [3.63, 3.8) is 0 Å². The number of rotatable bonds is 5. The first-order valence-corrected chi connectivity index (χ1v) is 6.42. The zero-order valence-electron chi connectivity index (χ0n) is 11.8. The van der Waals surface area contributed by atoms with E-state index in [1.165, 1.54) is 11.1 Å². The van der Waals surface area contributed by atoms with Gasteiger partial charge in [0.25, 0.3) is 0 Å². The lowest BCUT2D eigenvalue weighted by atomic mass is 9.93. The van der Waals surface area contributed by atoms with Crippen molar-refractivity contribution in [2.75, 3.05) is 13.6 Å². The maximum atomic E-state index is 5.98. The molecular weight excluding hydrogens is 208 g/mol. The van der Waals surface area contributed by atoms with Crippen LogP contribution in [0.2, 0.25) is 0 Å². The third-order valence-electron chi connectivity index (χ3n) is 4.06. The molecule has 1 rings (SSSR count). The average Bonchev–Trinajstić information content (AvgIpc) is 2.32. The lowest BCUT2D eigenvalue weighted by molar-refractivity contribution is 0.100. The van der Waals surface area contributed by atoms with Gasteiger partial charge in [0.1, 0.15) is 0 Å². The summed E-state index contributed by atoms with van der Waals surface area (Å²) in [6.45, 7) is 9.58. The number of nitrogens with two attached hydrogens (primary N) is 1. The molecule has 0 aliphatic heterocycles. The van der Waals surface area contributed by atoms with Crippen LogP contribution in [0.15, 0.2) is 24.3 Å². The van der Waals surface area contributed by atoms with Gasteiger partial charge in [-0.05, 0) is 45.4 Å². The van der Waals surface area contributed by atoms with Crippen LogP contribution in [-0.4, -0.2) is 24.0 Å². The topological polar surface area (TPSA) is 29.3 Å². The standard InChI is InChI=1S/C15H26N2/c1-6-15(3,4)17(5)14(11-16)13-10-8-7-9-12(13)2/h7-10,14H,6,11,16H2,1-5H3. The Kier molecular flexibility index (Phi) is 4.72. The van der Waals surface area contributed by atoms with Crippen molar-refractivity contribution < 1.29 is 0 Å². The minimum atomic E-state index is 0.173. The molecule has 1 aromatic carbocycles. The molecular formula is C15H26N2. The summed E-state index contributed by atoms with van der Waals surface area (Å²) in [4.78, 5) is 2.40. The van der Waals surface area contributed by atoms with Crippen molar-refractivity contribution in [1.29, 1.82) is 0 Å². The van der Waals surface area contributed by atoms with Crippen LogP contribution < -0.4 is 5.73 Å². The van der Waals surface area contributed by atoms with Crippen LogP contribution in [0.4, 0.5) is 0 Å². The number of likely N-dealkylation sites (N-methyl/N-ethyl adjacent to an activating group) is 1. The lowest BCUT2D eigenvalue weighted by Crippen LogP contribution is -2.45. The van der Waals surface area contributed by atoms with Crippen LogP contribution in [0, 0.1) is 6.92 Å². The molecule has 2 heteroatoms. The predicted molar refractivity (Wildman–Crippen MR) is 75.1 cm³/mol. The van der Waals surface area contributed by atoms with Crippen LogP contribution in [-0.2, 0) is 0 Å². The fourth-order valence-electron chi connectivity index (χ4n) is 2.13. The monoisotopic (exact) mass is 234 g/mol. The molecule has 0 aromatic heterocycles. The highest BCUT2D eigenvalue weighted by molar-refractivity contribution is 5.29. The molecule has 0 heterocycles. The Balaban J connectivity index is 3.04. The van der Waals surface area contributed by atoms with Crippen molar-refractivity contribution in [3.05, 3.63) is 35.4 Å². The fraction of sp³-hybridized carbons (Fsp3) is 0.600. The summed E-state index contributed by atoms with van der Waals surface area (Å²) in [6.07, 6.45) is 1.12. The third-order valence-corrected chi connectivity index (χ3v) is 4.06. The molecule has 1 atom stereocenters. The largest absolute Gasteiger partial charge is 0.329 e. The first kappa shape index (κ1) is 14.2. The van der Waals surface area contributed by atoms with Crippen molar-refractivity contribution in [2.24, 2.45) is 5.73 Å². The predicted octanol–water partition coefficient (Wildman–Crippen LogP) is 3.12. The van der Waals surface area contributed by atoms with Gasteiger partial charge in [0, 0.05) is 18.1 Å². The Morgan fingerprint density at radius 3 is 2.35 bits per heavy atom. The third kappa shape index (κ3) is 3.08. The summed E-state index contributed by atoms with van der Waals surface area (Å²) in [5.41, 5.74) is 8.82. The molecule has 1 aromatic rings. The molecule has 0 saturated carbocycles. The van der Waals surface area contributed by atoms with E-state index in [0.717, 1.165) is 6.42 Å². The lowest BCUT2D eigenvalue weighted by Gasteiger charge is -2.41. The zero-order chi connectivity index (χ0) is 13.1. The van der Waals surface area contributed by atoms with Crippen LogP contribution in [0.1, 0.15) is 44.4 Å².